The second-order valence-electron chi connectivity index (χ2n) is 6.61. The summed E-state index contributed by atoms with van der Waals surface area (Å²) in [6.07, 6.45) is 3.10. The molecular weight excluding hydrogens is 327 g/mol. The Balaban J connectivity index is 1.30. The molecule has 1 amide bonds. The predicted molar refractivity (Wildman–Crippen MR) is 89.6 cm³/mol. The Morgan fingerprint density at radius 1 is 1.46 bits per heavy atom. The number of amides is 1. The number of benzene rings is 1. The van der Waals surface area contributed by atoms with E-state index in [9.17, 15) is 9.18 Å². The highest BCUT2D eigenvalue weighted by Crippen LogP contribution is 2.47. The number of aromatic amines is 1. The molecule has 1 heterocycles. The fourth-order valence-corrected chi connectivity index (χ4v) is 3.44. The van der Waals surface area contributed by atoms with Crippen molar-refractivity contribution in [3.05, 3.63) is 46.2 Å². The van der Waals surface area contributed by atoms with Gasteiger partial charge in [0.1, 0.15) is 11.6 Å². The van der Waals surface area contributed by atoms with Crippen LogP contribution in [0.2, 0.25) is 0 Å². The Hall–Kier alpha value is -2.02. The fraction of sp³-hybridized carbons (Fsp3) is 0.471. The summed E-state index contributed by atoms with van der Waals surface area (Å²) in [5.41, 5.74) is 0.906. The van der Waals surface area contributed by atoms with Gasteiger partial charge in [-0.25, -0.2) is 4.39 Å². The number of nitrogens with zero attached hydrogens (tertiary/aromatic N) is 2. The van der Waals surface area contributed by atoms with E-state index in [-0.39, 0.29) is 23.6 Å². The van der Waals surface area contributed by atoms with Gasteiger partial charge < -0.3 is 9.88 Å². The first-order valence-electron chi connectivity index (χ1n) is 8.32. The lowest BCUT2D eigenvalue weighted by molar-refractivity contribution is -0.122. The smallest absolute Gasteiger partial charge is 0.223 e. The third-order valence-corrected chi connectivity index (χ3v) is 5.08. The Morgan fingerprint density at radius 3 is 3.04 bits per heavy atom. The Morgan fingerprint density at radius 2 is 2.29 bits per heavy atom. The molecule has 2 fully saturated rings. The van der Waals surface area contributed by atoms with Gasteiger partial charge in [0.25, 0.3) is 0 Å². The number of rotatable bonds is 6. The van der Waals surface area contributed by atoms with Gasteiger partial charge in [-0.2, -0.15) is 5.10 Å². The molecule has 126 valence electrons. The highest BCUT2D eigenvalue weighted by Gasteiger charge is 2.43. The predicted octanol–water partition coefficient (Wildman–Crippen LogP) is 2.88. The highest BCUT2D eigenvalue weighted by molar-refractivity contribution is 7.71. The lowest BCUT2D eigenvalue weighted by atomic mass is 10.1. The molecule has 1 aromatic heterocycles. The Kier molecular flexibility index (Phi) is 3.96. The van der Waals surface area contributed by atoms with E-state index in [4.69, 9.17) is 12.2 Å². The monoisotopic (exact) mass is 346 g/mol. The first-order valence-corrected chi connectivity index (χ1v) is 8.72. The van der Waals surface area contributed by atoms with Gasteiger partial charge in [-0.1, -0.05) is 12.1 Å². The molecule has 24 heavy (non-hydrogen) atoms. The minimum absolute atomic E-state index is 0.0345. The number of carbonyl (C=O) groups excluding carboxylic acids is 1. The maximum Gasteiger partial charge on any atom is 0.223 e. The van der Waals surface area contributed by atoms with Crippen LogP contribution < -0.4 is 5.32 Å². The summed E-state index contributed by atoms with van der Waals surface area (Å²) in [5, 5.41) is 10.1. The minimum Gasteiger partial charge on any atom is -0.354 e. The van der Waals surface area contributed by atoms with Crippen LogP contribution in [-0.4, -0.2) is 27.2 Å². The van der Waals surface area contributed by atoms with E-state index in [0.717, 1.165) is 30.7 Å². The molecule has 2 saturated carbocycles. The van der Waals surface area contributed by atoms with Crippen LogP contribution in [0.4, 0.5) is 4.39 Å². The van der Waals surface area contributed by atoms with Gasteiger partial charge in [-0.3, -0.25) is 9.89 Å². The molecule has 2 aliphatic carbocycles. The van der Waals surface area contributed by atoms with Crippen molar-refractivity contribution in [2.24, 2.45) is 5.92 Å². The lowest BCUT2D eigenvalue weighted by Gasteiger charge is -2.08. The average molecular weight is 346 g/mol. The van der Waals surface area contributed by atoms with Crippen molar-refractivity contribution in [1.82, 2.24) is 20.1 Å². The van der Waals surface area contributed by atoms with E-state index in [1.165, 1.54) is 12.1 Å². The molecule has 4 rings (SSSR count). The number of nitrogens with one attached hydrogen (secondary N) is 2. The zero-order chi connectivity index (χ0) is 16.7. The van der Waals surface area contributed by atoms with Crippen LogP contribution in [0.5, 0.6) is 0 Å². The number of carbonyl (C=O) groups is 1. The van der Waals surface area contributed by atoms with Gasteiger partial charge >= 0.3 is 0 Å². The van der Waals surface area contributed by atoms with Crippen LogP contribution in [0.25, 0.3) is 0 Å². The topological polar surface area (TPSA) is 62.7 Å². The van der Waals surface area contributed by atoms with Gasteiger partial charge in [-0.05, 0) is 55.1 Å². The Labute approximate surface area is 144 Å². The highest BCUT2D eigenvalue weighted by atomic mass is 32.1. The van der Waals surface area contributed by atoms with E-state index in [0.29, 0.717) is 23.8 Å². The van der Waals surface area contributed by atoms with Crippen molar-refractivity contribution in [3.63, 3.8) is 0 Å². The number of aromatic nitrogens is 3. The van der Waals surface area contributed by atoms with Crippen LogP contribution in [-0.2, 0) is 11.3 Å². The van der Waals surface area contributed by atoms with Gasteiger partial charge in [0.2, 0.25) is 5.91 Å². The normalized spacial score (nSPS) is 22.4. The van der Waals surface area contributed by atoms with E-state index in [1.54, 1.807) is 6.07 Å². The fourth-order valence-electron chi connectivity index (χ4n) is 3.21. The quantitative estimate of drug-likeness (QED) is 0.791. The van der Waals surface area contributed by atoms with Gasteiger partial charge in [0.05, 0.1) is 0 Å². The number of hydrogen-bond donors (Lipinski definition) is 2. The van der Waals surface area contributed by atoms with Crippen molar-refractivity contribution in [1.29, 1.82) is 0 Å². The van der Waals surface area contributed by atoms with Crippen molar-refractivity contribution in [2.75, 3.05) is 6.54 Å². The molecule has 0 spiro atoms. The number of H-pyrrole nitrogens is 1. The molecule has 2 N–H and O–H groups in total. The standard InChI is InChI=1S/C17H19FN4OS/c18-12-3-1-2-11(8-12)13-9-14(13)16(23)19-6-7-22-15(10-4-5-10)20-21-17(22)24/h1-3,8,10,13-14H,4-7,9H2,(H,19,23)(H,21,24)/t13-,14-/m0/s1. The zero-order valence-electron chi connectivity index (χ0n) is 13.2. The minimum atomic E-state index is -0.250. The van der Waals surface area contributed by atoms with Crippen LogP contribution in [0, 0.1) is 16.5 Å². The number of hydrogen-bond acceptors (Lipinski definition) is 3. The summed E-state index contributed by atoms with van der Waals surface area (Å²) in [7, 11) is 0. The maximum atomic E-state index is 13.3. The summed E-state index contributed by atoms with van der Waals surface area (Å²) in [5.74, 6) is 1.38. The summed E-state index contributed by atoms with van der Waals surface area (Å²) in [6, 6.07) is 6.52. The molecule has 0 bridgehead atoms. The summed E-state index contributed by atoms with van der Waals surface area (Å²) < 4.78 is 15.9. The van der Waals surface area contributed by atoms with Crippen LogP contribution in [0.1, 0.15) is 42.5 Å². The van der Waals surface area contributed by atoms with E-state index in [2.05, 4.69) is 15.5 Å². The SMILES string of the molecule is O=C(NCCn1c(C2CC2)n[nH]c1=S)[C@H]1C[C@H]1c1cccc(F)c1. The molecule has 0 unspecified atom stereocenters. The maximum absolute atomic E-state index is 13.3. The third kappa shape index (κ3) is 3.13. The summed E-state index contributed by atoms with van der Waals surface area (Å²) >= 11 is 5.25. The first kappa shape index (κ1) is 15.5. The molecule has 7 heteroatoms. The van der Waals surface area contributed by atoms with Gasteiger partial charge in [0.15, 0.2) is 4.77 Å². The molecule has 1 aromatic carbocycles. The van der Waals surface area contributed by atoms with Gasteiger partial charge in [-0.15, -0.1) is 0 Å². The second kappa shape index (κ2) is 6.12. The second-order valence-corrected chi connectivity index (χ2v) is 6.99. The average Bonchev–Trinajstić information content (AvgIpc) is 3.47. The van der Waals surface area contributed by atoms with Crippen LogP contribution >= 0.6 is 12.2 Å². The van der Waals surface area contributed by atoms with Gasteiger partial charge in [0, 0.05) is 24.9 Å². The number of halogens is 1. The van der Waals surface area contributed by atoms with Crippen molar-refractivity contribution in [3.8, 4) is 0 Å². The summed E-state index contributed by atoms with van der Waals surface area (Å²) in [6.45, 7) is 1.16. The van der Waals surface area contributed by atoms with Crippen molar-refractivity contribution in [2.45, 2.75) is 37.6 Å². The molecule has 0 saturated heterocycles. The first-order chi connectivity index (χ1) is 11.6. The molecule has 2 atom stereocenters. The van der Waals surface area contributed by atoms with E-state index < -0.39 is 0 Å². The third-order valence-electron chi connectivity index (χ3n) is 4.77. The molecule has 5 nitrogen and oxygen atoms in total. The van der Waals surface area contributed by atoms with E-state index in [1.807, 2.05) is 10.6 Å². The van der Waals surface area contributed by atoms with E-state index >= 15 is 0 Å². The van der Waals surface area contributed by atoms with Crippen LogP contribution in [0.15, 0.2) is 24.3 Å². The van der Waals surface area contributed by atoms with Crippen molar-refractivity contribution < 1.29 is 9.18 Å². The van der Waals surface area contributed by atoms with Crippen molar-refractivity contribution >= 4 is 18.1 Å². The lowest BCUT2D eigenvalue weighted by Crippen LogP contribution is -2.29. The largest absolute Gasteiger partial charge is 0.354 e. The molecular formula is C17H19FN4OS. The molecule has 0 radical (unpaired) electrons. The molecule has 0 aliphatic heterocycles. The van der Waals surface area contributed by atoms with Crippen LogP contribution in [0.3, 0.4) is 0 Å². The molecule has 2 aliphatic rings. The zero-order valence-corrected chi connectivity index (χ0v) is 14.0. The Bertz CT molecular complexity index is 826. The molecule has 2 aromatic rings. The summed E-state index contributed by atoms with van der Waals surface area (Å²) in [4.78, 5) is 12.3.